The van der Waals surface area contributed by atoms with Crippen molar-refractivity contribution in [1.29, 1.82) is 0 Å². The third-order valence-electron chi connectivity index (χ3n) is 4.88. The Balaban J connectivity index is 1.43. The first kappa shape index (κ1) is 19.5. The lowest BCUT2D eigenvalue weighted by Crippen LogP contribution is -2.36. The molecule has 3 aromatic carbocycles. The molecule has 1 aliphatic rings. The van der Waals surface area contributed by atoms with Crippen LogP contribution in [0, 0.1) is 6.92 Å². The molecule has 0 radical (unpaired) electrons. The van der Waals surface area contributed by atoms with Gasteiger partial charge in [-0.3, -0.25) is 4.99 Å². The van der Waals surface area contributed by atoms with Gasteiger partial charge < -0.3 is 14.4 Å². The molecule has 0 amide bonds. The van der Waals surface area contributed by atoms with Gasteiger partial charge in [-0.25, -0.2) is 0 Å². The van der Waals surface area contributed by atoms with E-state index in [0.717, 1.165) is 43.3 Å². The van der Waals surface area contributed by atoms with Gasteiger partial charge in [-0.1, -0.05) is 29.8 Å². The summed E-state index contributed by atoms with van der Waals surface area (Å²) in [7, 11) is 0. The van der Waals surface area contributed by atoms with Gasteiger partial charge in [0.15, 0.2) is 0 Å². The van der Waals surface area contributed by atoms with Crippen molar-refractivity contribution in [2.24, 2.45) is 4.99 Å². The highest BCUT2D eigenvalue weighted by Crippen LogP contribution is 2.29. The van der Waals surface area contributed by atoms with Crippen LogP contribution in [0.15, 0.2) is 71.7 Å². The highest BCUT2D eigenvalue weighted by atomic mass is 35.5. The maximum atomic E-state index is 6.14. The van der Waals surface area contributed by atoms with Crippen molar-refractivity contribution in [3.8, 4) is 11.5 Å². The van der Waals surface area contributed by atoms with E-state index in [2.05, 4.69) is 35.0 Å². The molecule has 148 valence electrons. The Labute approximate surface area is 176 Å². The normalized spacial score (nSPS) is 14.3. The maximum Gasteiger partial charge on any atom is 0.146 e. The summed E-state index contributed by atoms with van der Waals surface area (Å²) in [4.78, 5) is 6.96. The first-order valence-electron chi connectivity index (χ1n) is 9.69. The van der Waals surface area contributed by atoms with E-state index in [1.807, 2.05) is 54.7 Å². The summed E-state index contributed by atoms with van der Waals surface area (Å²) in [6.07, 6.45) is 1.91. The molecule has 0 atom stereocenters. The highest BCUT2D eigenvalue weighted by Gasteiger charge is 2.11. The molecule has 1 aliphatic heterocycles. The molecule has 1 heterocycles. The van der Waals surface area contributed by atoms with Gasteiger partial charge in [0.2, 0.25) is 0 Å². The van der Waals surface area contributed by atoms with Crippen molar-refractivity contribution in [2.75, 3.05) is 31.2 Å². The molecule has 0 aromatic heterocycles. The molecule has 1 saturated heterocycles. The van der Waals surface area contributed by atoms with Crippen molar-refractivity contribution in [1.82, 2.24) is 0 Å². The van der Waals surface area contributed by atoms with Crippen LogP contribution < -0.4 is 9.64 Å². The number of hydrogen-bond acceptors (Lipinski definition) is 4. The summed E-state index contributed by atoms with van der Waals surface area (Å²) >= 11 is 6.14. The van der Waals surface area contributed by atoms with E-state index in [0.29, 0.717) is 10.8 Å². The Kier molecular flexibility index (Phi) is 6.13. The number of aliphatic imine (C=N–C) groups is 1. The van der Waals surface area contributed by atoms with Crippen LogP contribution in [0.3, 0.4) is 0 Å². The number of hydrogen-bond donors (Lipinski definition) is 0. The molecule has 4 nitrogen and oxygen atoms in total. The second kappa shape index (κ2) is 9.12. The molecule has 5 heteroatoms. The quantitative estimate of drug-likeness (QED) is 0.485. The second-order valence-electron chi connectivity index (χ2n) is 6.92. The molecule has 0 unspecified atom stereocenters. The van der Waals surface area contributed by atoms with Gasteiger partial charge in [0.25, 0.3) is 0 Å². The van der Waals surface area contributed by atoms with Crippen molar-refractivity contribution in [3.05, 3.63) is 82.9 Å². The average molecular weight is 407 g/mol. The lowest BCUT2D eigenvalue weighted by molar-refractivity contribution is 0.122. The minimum atomic E-state index is 0.589. The fourth-order valence-electron chi connectivity index (χ4n) is 3.22. The van der Waals surface area contributed by atoms with E-state index < -0.39 is 0 Å². The zero-order chi connectivity index (χ0) is 20.1. The number of rotatable bonds is 5. The SMILES string of the molecule is Cc1cc(N2CCOCC2)ccc1C=Nc1ccc(Oc2ccccc2Cl)cc1. The molecule has 0 saturated carbocycles. The van der Waals surface area contributed by atoms with Gasteiger partial charge in [-0.2, -0.15) is 0 Å². The van der Waals surface area contributed by atoms with Crippen LogP contribution in [0.1, 0.15) is 11.1 Å². The third-order valence-corrected chi connectivity index (χ3v) is 5.20. The van der Waals surface area contributed by atoms with Gasteiger partial charge in [0.1, 0.15) is 11.5 Å². The standard InChI is InChI=1S/C24H23ClN2O2/c1-18-16-21(27-12-14-28-15-13-27)9-6-19(18)17-26-20-7-10-22(11-8-20)29-24-5-3-2-4-23(24)25/h2-11,16-17H,12-15H2,1H3. The van der Waals surface area contributed by atoms with Crippen LogP contribution in [0.2, 0.25) is 5.02 Å². The zero-order valence-electron chi connectivity index (χ0n) is 16.3. The predicted octanol–water partition coefficient (Wildman–Crippen LogP) is 6.03. The number of para-hydroxylation sites is 1. The largest absolute Gasteiger partial charge is 0.456 e. The summed E-state index contributed by atoms with van der Waals surface area (Å²) in [5.41, 5.74) is 4.42. The second-order valence-corrected chi connectivity index (χ2v) is 7.33. The van der Waals surface area contributed by atoms with Crippen molar-refractivity contribution >= 4 is 29.2 Å². The lowest BCUT2D eigenvalue weighted by Gasteiger charge is -2.29. The number of aryl methyl sites for hydroxylation is 1. The maximum absolute atomic E-state index is 6.14. The third kappa shape index (κ3) is 4.97. The average Bonchev–Trinajstić information content (AvgIpc) is 2.76. The fraction of sp³-hybridized carbons (Fsp3) is 0.208. The number of nitrogens with zero attached hydrogens (tertiary/aromatic N) is 2. The minimum Gasteiger partial charge on any atom is -0.456 e. The first-order valence-corrected chi connectivity index (χ1v) is 10.1. The molecular weight excluding hydrogens is 384 g/mol. The van der Waals surface area contributed by atoms with E-state index in [1.54, 1.807) is 0 Å². The van der Waals surface area contributed by atoms with Crippen LogP contribution in [0.4, 0.5) is 11.4 Å². The van der Waals surface area contributed by atoms with Crippen LogP contribution in [0.5, 0.6) is 11.5 Å². The summed E-state index contributed by atoms with van der Waals surface area (Å²) in [6.45, 7) is 5.58. The number of benzene rings is 3. The Morgan fingerprint density at radius 3 is 2.48 bits per heavy atom. The van der Waals surface area contributed by atoms with Crippen LogP contribution >= 0.6 is 11.6 Å². The topological polar surface area (TPSA) is 34.1 Å². The Hall–Kier alpha value is -2.82. The molecule has 4 rings (SSSR count). The summed E-state index contributed by atoms with van der Waals surface area (Å²) in [5.74, 6) is 1.37. The monoisotopic (exact) mass is 406 g/mol. The van der Waals surface area contributed by atoms with Gasteiger partial charge in [-0.15, -0.1) is 0 Å². The highest BCUT2D eigenvalue weighted by molar-refractivity contribution is 6.32. The van der Waals surface area contributed by atoms with Crippen molar-refractivity contribution in [2.45, 2.75) is 6.92 Å². The van der Waals surface area contributed by atoms with E-state index in [4.69, 9.17) is 21.1 Å². The van der Waals surface area contributed by atoms with Gasteiger partial charge in [0, 0.05) is 25.0 Å². The van der Waals surface area contributed by atoms with Gasteiger partial charge in [0.05, 0.1) is 23.9 Å². The van der Waals surface area contributed by atoms with E-state index in [1.165, 1.54) is 11.3 Å². The predicted molar refractivity (Wildman–Crippen MR) is 119 cm³/mol. The number of ether oxygens (including phenoxy) is 2. The molecule has 3 aromatic rings. The van der Waals surface area contributed by atoms with Crippen LogP contribution in [0.25, 0.3) is 0 Å². The van der Waals surface area contributed by atoms with Crippen LogP contribution in [-0.4, -0.2) is 32.5 Å². The van der Waals surface area contributed by atoms with E-state index in [9.17, 15) is 0 Å². The lowest BCUT2D eigenvalue weighted by atomic mass is 10.1. The fourth-order valence-corrected chi connectivity index (χ4v) is 3.40. The Morgan fingerprint density at radius 1 is 1.00 bits per heavy atom. The number of halogens is 1. The molecule has 0 bridgehead atoms. The molecule has 29 heavy (non-hydrogen) atoms. The summed E-state index contributed by atoms with van der Waals surface area (Å²) < 4.78 is 11.3. The van der Waals surface area contributed by atoms with Crippen molar-refractivity contribution in [3.63, 3.8) is 0 Å². The van der Waals surface area contributed by atoms with Crippen molar-refractivity contribution < 1.29 is 9.47 Å². The molecule has 0 aliphatic carbocycles. The molecular formula is C24H23ClN2O2. The summed E-state index contributed by atoms with van der Waals surface area (Å²) in [5, 5.41) is 0.589. The first-order chi connectivity index (χ1) is 14.2. The molecule has 0 N–H and O–H groups in total. The van der Waals surface area contributed by atoms with Gasteiger partial charge in [-0.05, 0) is 66.6 Å². The Bertz CT molecular complexity index is 996. The smallest absolute Gasteiger partial charge is 0.146 e. The van der Waals surface area contributed by atoms with E-state index in [-0.39, 0.29) is 0 Å². The van der Waals surface area contributed by atoms with E-state index >= 15 is 0 Å². The number of anilines is 1. The molecule has 1 fully saturated rings. The minimum absolute atomic E-state index is 0.589. The van der Waals surface area contributed by atoms with Crippen LogP contribution in [-0.2, 0) is 4.74 Å². The Morgan fingerprint density at radius 2 is 1.76 bits per heavy atom. The van der Waals surface area contributed by atoms with Gasteiger partial charge >= 0.3 is 0 Å². The molecule has 0 spiro atoms. The number of morpholine rings is 1. The zero-order valence-corrected chi connectivity index (χ0v) is 17.1. The summed E-state index contributed by atoms with van der Waals surface area (Å²) in [6, 6.07) is 21.6.